The van der Waals surface area contributed by atoms with Crippen LogP contribution in [0.15, 0.2) is 23.2 Å². The molecule has 7 heteroatoms. The Hall–Kier alpha value is -1.76. The zero-order chi connectivity index (χ0) is 19.4. The van der Waals surface area contributed by atoms with Crippen LogP contribution in [-0.2, 0) is 14.2 Å². The third-order valence-corrected chi connectivity index (χ3v) is 5.43. The molecule has 4 aliphatic rings. The van der Waals surface area contributed by atoms with Crippen LogP contribution in [0, 0.1) is 5.92 Å². The van der Waals surface area contributed by atoms with Gasteiger partial charge < -0.3 is 19.4 Å². The van der Waals surface area contributed by atoms with Gasteiger partial charge in [0.25, 0.3) is 8.05 Å². The van der Waals surface area contributed by atoms with Crippen LogP contribution in [0.2, 0.25) is 0 Å². The van der Waals surface area contributed by atoms with Crippen molar-refractivity contribution in [1.29, 1.82) is 0 Å². The number of rotatable bonds is 9. The number of ketones is 2. The lowest BCUT2D eigenvalue weighted by molar-refractivity contribution is -0.117. The van der Waals surface area contributed by atoms with E-state index in [1.54, 1.807) is 8.05 Å². The van der Waals surface area contributed by atoms with Gasteiger partial charge in [0.05, 0.1) is 5.70 Å². The standard InChI is InChI=1S/C12H13N3O2.C8H19BO/c16-9-7-8(13-1-2-13)12(17)11(15-5-6-15)10(9)14-3-4-14;1-3-5-6-8(4-2)7-10-9/h7H,1-6H2;8H,3-7,9H2,1-2H3. The van der Waals surface area contributed by atoms with Crippen LogP contribution >= 0.6 is 0 Å². The predicted molar refractivity (Wildman–Crippen MR) is 108 cm³/mol. The minimum Gasteiger partial charge on any atom is -0.444 e. The molecular weight excluding hydrogens is 341 g/mol. The molecule has 0 radical (unpaired) electrons. The number of carbonyl (C=O) groups is 2. The SMILES string of the molecule is BOCC(CC)CCCC.O=C1C=C(N2CC2)C(=O)C(N2CC2)=C1N1CC1. The van der Waals surface area contributed by atoms with Crippen molar-refractivity contribution in [1.82, 2.24) is 14.7 Å². The summed E-state index contributed by atoms with van der Waals surface area (Å²) in [5.74, 6) is 0.845. The van der Waals surface area contributed by atoms with Crippen molar-refractivity contribution >= 4 is 19.6 Å². The van der Waals surface area contributed by atoms with Crippen molar-refractivity contribution in [3.05, 3.63) is 23.2 Å². The van der Waals surface area contributed by atoms with Gasteiger partial charge >= 0.3 is 0 Å². The molecule has 148 valence electrons. The fourth-order valence-corrected chi connectivity index (χ4v) is 3.41. The molecule has 4 rings (SSSR count). The molecule has 0 saturated carbocycles. The molecule has 6 nitrogen and oxygen atoms in total. The van der Waals surface area contributed by atoms with Gasteiger partial charge in [0.1, 0.15) is 11.4 Å². The Labute approximate surface area is 163 Å². The number of carbonyl (C=O) groups excluding carboxylic acids is 2. The van der Waals surface area contributed by atoms with E-state index in [9.17, 15) is 9.59 Å². The van der Waals surface area contributed by atoms with Gasteiger partial charge in [-0.2, -0.15) is 0 Å². The second-order valence-electron chi connectivity index (χ2n) is 7.75. The first-order valence-electron chi connectivity index (χ1n) is 10.4. The monoisotopic (exact) mass is 373 g/mol. The van der Waals surface area contributed by atoms with Crippen molar-refractivity contribution in [2.45, 2.75) is 39.5 Å². The van der Waals surface area contributed by atoms with E-state index in [1.165, 1.54) is 31.8 Å². The van der Waals surface area contributed by atoms with Crippen LogP contribution in [-0.4, -0.2) is 80.2 Å². The lowest BCUT2D eigenvalue weighted by atomic mass is 10.0. The first-order chi connectivity index (χ1) is 13.1. The van der Waals surface area contributed by atoms with Gasteiger partial charge in [-0.3, -0.25) is 9.59 Å². The highest BCUT2D eigenvalue weighted by atomic mass is 16.4. The van der Waals surface area contributed by atoms with Crippen molar-refractivity contribution in [3.63, 3.8) is 0 Å². The minimum atomic E-state index is 0.00546. The number of unbranched alkanes of at least 4 members (excludes halogenated alkanes) is 1. The third-order valence-electron chi connectivity index (χ3n) is 5.43. The molecule has 0 aromatic heterocycles. The lowest BCUT2D eigenvalue weighted by Gasteiger charge is -2.21. The molecule has 0 spiro atoms. The summed E-state index contributed by atoms with van der Waals surface area (Å²) >= 11 is 0. The average Bonchev–Trinajstić information content (AvgIpc) is 3.49. The Morgan fingerprint density at radius 3 is 2.07 bits per heavy atom. The van der Waals surface area contributed by atoms with E-state index >= 15 is 0 Å². The highest BCUT2D eigenvalue weighted by molar-refractivity contribution is 6.22. The molecule has 0 amide bonds. The molecule has 0 bridgehead atoms. The Kier molecular flexibility index (Phi) is 6.63. The molecule has 0 N–H and O–H groups in total. The van der Waals surface area contributed by atoms with Crippen molar-refractivity contribution < 1.29 is 14.2 Å². The van der Waals surface area contributed by atoms with Gasteiger partial charge in [-0.25, -0.2) is 0 Å². The quantitative estimate of drug-likeness (QED) is 0.341. The first kappa shape index (κ1) is 20.0. The smallest absolute Gasteiger partial charge is 0.257 e. The molecule has 3 saturated heterocycles. The maximum Gasteiger partial charge on any atom is 0.257 e. The fraction of sp³-hybridized carbons (Fsp3) is 0.700. The Morgan fingerprint density at radius 1 is 1.00 bits per heavy atom. The normalized spacial score (nSPS) is 21.7. The second-order valence-corrected chi connectivity index (χ2v) is 7.75. The zero-order valence-electron chi connectivity index (χ0n) is 17.0. The number of hydrogen-bond donors (Lipinski definition) is 0. The number of Topliss-reactive ketones (excluding diaryl/α,β-unsaturated/α-hetero) is 1. The summed E-state index contributed by atoms with van der Waals surface area (Å²) < 4.78 is 5.09. The molecule has 1 aliphatic carbocycles. The van der Waals surface area contributed by atoms with Crippen LogP contribution in [0.25, 0.3) is 0 Å². The maximum atomic E-state index is 12.4. The zero-order valence-corrected chi connectivity index (χ0v) is 17.0. The summed E-state index contributed by atoms with van der Waals surface area (Å²) in [4.78, 5) is 30.5. The molecule has 3 fully saturated rings. The molecule has 1 unspecified atom stereocenters. The van der Waals surface area contributed by atoms with Gasteiger partial charge in [0, 0.05) is 52.0 Å². The van der Waals surface area contributed by atoms with E-state index in [0.717, 1.165) is 51.8 Å². The lowest BCUT2D eigenvalue weighted by Crippen LogP contribution is -2.29. The van der Waals surface area contributed by atoms with Crippen LogP contribution in [0.3, 0.4) is 0 Å². The van der Waals surface area contributed by atoms with Crippen molar-refractivity contribution in [2.75, 3.05) is 45.9 Å². The van der Waals surface area contributed by atoms with E-state index in [0.29, 0.717) is 17.1 Å². The van der Waals surface area contributed by atoms with E-state index in [4.69, 9.17) is 4.65 Å². The number of nitrogens with zero attached hydrogens (tertiary/aromatic N) is 3. The average molecular weight is 373 g/mol. The highest BCUT2D eigenvalue weighted by Crippen LogP contribution is 2.33. The van der Waals surface area contributed by atoms with Gasteiger partial charge in [-0.1, -0.05) is 33.1 Å². The highest BCUT2D eigenvalue weighted by Gasteiger charge is 2.43. The van der Waals surface area contributed by atoms with Crippen molar-refractivity contribution in [2.24, 2.45) is 5.92 Å². The summed E-state index contributed by atoms with van der Waals surface area (Å²) in [7, 11) is 1.79. The van der Waals surface area contributed by atoms with E-state index in [-0.39, 0.29) is 11.6 Å². The number of allylic oxidation sites excluding steroid dienone is 1. The van der Waals surface area contributed by atoms with Crippen molar-refractivity contribution in [3.8, 4) is 0 Å². The molecule has 3 aliphatic heterocycles. The second kappa shape index (κ2) is 8.96. The fourth-order valence-electron chi connectivity index (χ4n) is 3.41. The maximum absolute atomic E-state index is 12.4. The topological polar surface area (TPSA) is 52.4 Å². The summed E-state index contributed by atoms with van der Waals surface area (Å²) in [6, 6.07) is 0. The van der Waals surface area contributed by atoms with Crippen LogP contribution in [0.5, 0.6) is 0 Å². The Morgan fingerprint density at radius 2 is 1.59 bits per heavy atom. The van der Waals surface area contributed by atoms with E-state index < -0.39 is 0 Å². The molecular formula is C20H32BN3O3. The van der Waals surface area contributed by atoms with Crippen LogP contribution in [0.4, 0.5) is 0 Å². The molecule has 0 aromatic rings. The summed E-state index contributed by atoms with van der Waals surface area (Å²) in [5, 5.41) is 0. The predicted octanol–water partition coefficient (Wildman–Crippen LogP) is 0.948. The summed E-state index contributed by atoms with van der Waals surface area (Å²) in [6.45, 7) is 10.8. The largest absolute Gasteiger partial charge is 0.444 e. The molecule has 27 heavy (non-hydrogen) atoms. The van der Waals surface area contributed by atoms with Crippen LogP contribution < -0.4 is 0 Å². The van der Waals surface area contributed by atoms with Gasteiger partial charge in [-0.05, 0) is 12.3 Å². The van der Waals surface area contributed by atoms with Gasteiger partial charge in [0.15, 0.2) is 0 Å². The van der Waals surface area contributed by atoms with Crippen LogP contribution in [0.1, 0.15) is 39.5 Å². The molecule has 1 atom stereocenters. The Balaban J connectivity index is 0.000000183. The third kappa shape index (κ3) is 5.15. The van der Waals surface area contributed by atoms with E-state index in [1.807, 2.05) is 14.7 Å². The van der Waals surface area contributed by atoms with Gasteiger partial charge in [-0.15, -0.1) is 0 Å². The van der Waals surface area contributed by atoms with Gasteiger partial charge in [0.2, 0.25) is 11.6 Å². The summed E-state index contributed by atoms with van der Waals surface area (Å²) in [5.41, 5.74) is 1.89. The first-order valence-corrected chi connectivity index (χ1v) is 10.4. The summed E-state index contributed by atoms with van der Waals surface area (Å²) in [6.07, 6.45) is 6.77. The molecule has 3 heterocycles. The number of hydrogen-bond acceptors (Lipinski definition) is 6. The minimum absolute atomic E-state index is 0.00546. The van der Waals surface area contributed by atoms with E-state index in [2.05, 4.69) is 13.8 Å². The molecule has 0 aromatic carbocycles. The Bertz CT molecular complexity index is 634.